The summed E-state index contributed by atoms with van der Waals surface area (Å²) < 4.78 is 11.1. The second kappa shape index (κ2) is 37.9. The van der Waals surface area contributed by atoms with E-state index in [-0.39, 0.29) is 12.5 Å². The van der Waals surface area contributed by atoms with E-state index in [0.29, 0.717) is 6.42 Å². The smallest absolute Gasteiger partial charge is 0.220 e. The van der Waals surface area contributed by atoms with Crippen molar-refractivity contribution < 1.29 is 39.8 Å². The number of carbonyl (C=O) groups is 1. The highest BCUT2D eigenvalue weighted by molar-refractivity contribution is 5.76. The highest BCUT2D eigenvalue weighted by atomic mass is 16.7. The number of nitrogens with one attached hydrogen (secondary N) is 1. The lowest BCUT2D eigenvalue weighted by Gasteiger charge is -2.40. The molecule has 0 spiro atoms. The maximum Gasteiger partial charge on any atom is 0.220 e. The van der Waals surface area contributed by atoms with Gasteiger partial charge in [-0.3, -0.25) is 4.79 Å². The topological polar surface area (TPSA) is 149 Å². The lowest BCUT2D eigenvalue weighted by Crippen LogP contribution is -2.60. The van der Waals surface area contributed by atoms with Crippen LogP contribution in [0.25, 0.3) is 0 Å². The van der Waals surface area contributed by atoms with Crippen molar-refractivity contribution in [1.82, 2.24) is 5.32 Å². The highest BCUT2D eigenvalue weighted by Crippen LogP contribution is 2.22. The van der Waals surface area contributed by atoms with Crippen LogP contribution in [-0.2, 0) is 14.3 Å². The summed E-state index contributed by atoms with van der Waals surface area (Å²) in [7, 11) is 0. The first kappa shape index (κ1) is 52.6. The van der Waals surface area contributed by atoms with Crippen molar-refractivity contribution in [2.24, 2.45) is 0 Å². The second-order valence-electron chi connectivity index (χ2n) is 15.5. The summed E-state index contributed by atoms with van der Waals surface area (Å²) >= 11 is 0. The van der Waals surface area contributed by atoms with Gasteiger partial charge in [0, 0.05) is 6.42 Å². The number of rotatable bonds is 36. The van der Waals surface area contributed by atoms with E-state index >= 15 is 0 Å². The van der Waals surface area contributed by atoms with Crippen molar-refractivity contribution in [3.8, 4) is 0 Å². The van der Waals surface area contributed by atoms with E-state index in [1.807, 2.05) is 6.08 Å². The molecule has 9 nitrogen and oxygen atoms in total. The van der Waals surface area contributed by atoms with Crippen LogP contribution in [0.1, 0.15) is 168 Å². The molecule has 7 atom stereocenters. The lowest BCUT2D eigenvalue weighted by atomic mass is 9.99. The molecule has 1 rings (SSSR count). The van der Waals surface area contributed by atoms with Crippen LogP contribution in [0.2, 0.25) is 0 Å². The molecule has 0 aromatic rings. The fourth-order valence-electron chi connectivity index (χ4n) is 6.64. The molecule has 7 unspecified atom stereocenters. The van der Waals surface area contributed by atoms with Gasteiger partial charge in [0.25, 0.3) is 0 Å². The molecule has 57 heavy (non-hydrogen) atoms. The third-order valence-electron chi connectivity index (χ3n) is 10.2. The van der Waals surface area contributed by atoms with E-state index in [0.717, 1.165) is 70.6 Å². The average molecular weight is 802 g/mol. The Labute approximate surface area is 347 Å². The van der Waals surface area contributed by atoms with Crippen LogP contribution in [-0.4, -0.2) is 87.5 Å². The summed E-state index contributed by atoms with van der Waals surface area (Å²) in [6.45, 7) is 3.51. The average Bonchev–Trinajstić information content (AvgIpc) is 3.21. The van der Waals surface area contributed by atoms with Gasteiger partial charge in [-0.1, -0.05) is 170 Å². The van der Waals surface area contributed by atoms with Gasteiger partial charge < -0.3 is 40.3 Å². The van der Waals surface area contributed by atoms with E-state index in [2.05, 4.69) is 79.9 Å². The molecule has 0 aromatic heterocycles. The highest BCUT2D eigenvalue weighted by Gasteiger charge is 2.44. The van der Waals surface area contributed by atoms with Crippen molar-refractivity contribution in [3.63, 3.8) is 0 Å². The van der Waals surface area contributed by atoms with Crippen LogP contribution in [0.3, 0.4) is 0 Å². The molecule has 1 heterocycles. The van der Waals surface area contributed by atoms with Gasteiger partial charge in [-0.05, 0) is 64.2 Å². The zero-order valence-corrected chi connectivity index (χ0v) is 35.8. The van der Waals surface area contributed by atoms with Gasteiger partial charge in [0.2, 0.25) is 5.91 Å². The van der Waals surface area contributed by atoms with Crippen LogP contribution < -0.4 is 5.32 Å². The van der Waals surface area contributed by atoms with E-state index in [1.54, 1.807) is 6.08 Å². The Morgan fingerprint density at radius 2 is 1.11 bits per heavy atom. The lowest BCUT2D eigenvalue weighted by molar-refractivity contribution is -0.302. The molecule has 1 fully saturated rings. The molecule has 328 valence electrons. The number of hydrogen-bond donors (Lipinski definition) is 6. The van der Waals surface area contributed by atoms with Crippen LogP contribution in [0.5, 0.6) is 0 Å². The third-order valence-corrected chi connectivity index (χ3v) is 10.2. The third kappa shape index (κ3) is 28.7. The number of ether oxygens (including phenoxy) is 2. The Kier molecular flexibility index (Phi) is 35.0. The van der Waals surface area contributed by atoms with E-state index < -0.39 is 49.5 Å². The van der Waals surface area contributed by atoms with E-state index in [9.17, 15) is 30.3 Å². The van der Waals surface area contributed by atoms with Gasteiger partial charge in [0.15, 0.2) is 6.29 Å². The number of aliphatic hydroxyl groups excluding tert-OH is 5. The fourth-order valence-corrected chi connectivity index (χ4v) is 6.64. The first-order valence-electron chi connectivity index (χ1n) is 22.7. The minimum absolute atomic E-state index is 0.196. The molecule has 0 bridgehead atoms. The van der Waals surface area contributed by atoms with Crippen molar-refractivity contribution in [1.29, 1.82) is 0 Å². The SMILES string of the molecule is CC/C=C\C/C=C\C/C=C\C/C=C\CCCCCCCCCCCCCCCCC(=O)NC(COC1OC(CO)C(O)C(O)C1O)C(O)/C=C/CC/C=C/CCC. The van der Waals surface area contributed by atoms with Gasteiger partial charge >= 0.3 is 0 Å². The predicted molar refractivity (Wildman–Crippen MR) is 235 cm³/mol. The maximum atomic E-state index is 12.9. The summed E-state index contributed by atoms with van der Waals surface area (Å²) in [6, 6.07) is -0.821. The summed E-state index contributed by atoms with van der Waals surface area (Å²) in [5, 5.41) is 53.8. The quantitative estimate of drug-likeness (QED) is 0.0271. The van der Waals surface area contributed by atoms with Gasteiger partial charge in [-0.2, -0.15) is 0 Å². The Morgan fingerprint density at radius 1 is 0.614 bits per heavy atom. The zero-order chi connectivity index (χ0) is 41.6. The summed E-state index contributed by atoms with van der Waals surface area (Å²) in [6.07, 6.45) is 44.2. The minimum atomic E-state index is -1.57. The maximum absolute atomic E-state index is 12.9. The molecule has 9 heteroatoms. The minimum Gasteiger partial charge on any atom is -0.394 e. The Morgan fingerprint density at radius 3 is 1.67 bits per heavy atom. The first-order chi connectivity index (χ1) is 27.8. The Balaban J connectivity index is 2.17. The van der Waals surface area contributed by atoms with Crippen LogP contribution in [0.15, 0.2) is 72.9 Å². The Hall–Kier alpha value is -2.37. The molecular weight excluding hydrogens is 719 g/mol. The van der Waals surface area contributed by atoms with Crippen LogP contribution >= 0.6 is 0 Å². The second-order valence-corrected chi connectivity index (χ2v) is 15.5. The molecule has 0 aromatic carbocycles. The number of carbonyl (C=O) groups excluding carboxylic acids is 1. The molecule has 0 aliphatic carbocycles. The number of unbranched alkanes of at least 4 members (excludes halogenated alkanes) is 16. The van der Waals surface area contributed by atoms with Gasteiger partial charge in [-0.15, -0.1) is 0 Å². The van der Waals surface area contributed by atoms with Gasteiger partial charge in [0.05, 0.1) is 25.4 Å². The summed E-state index contributed by atoms with van der Waals surface area (Å²) in [5.41, 5.74) is 0. The standard InChI is InChI=1S/C48H83NO8/c1-3-5-7-9-11-12-13-14-15-16-17-18-19-20-21-22-23-24-25-26-27-28-29-30-32-34-36-38-44(52)49-41(42(51)37-35-33-31-10-8-6-4-2)40-56-48-47(55)46(54)45(53)43(39-50)57-48/h5,7-8,10-12,14-15,17-18,35,37,41-43,45-48,50-51,53-55H,3-4,6,9,13,16,19-34,36,38-40H2,1-2H3,(H,49,52)/b7-5-,10-8+,12-11-,15-14-,18-17-,37-35+. The molecule has 0 saturated carbocycles. The number of aliphatic hydroxyl groups is 5. The van der Waals surface area contributed by atoms with Crippen LogP contribution in [0.4, 0.5) is 0 Å². The summed E-state index contributed by atoms with van der Waals surface area (Å²) in [4.78, 5) is 12.9. The van der Waals surface area contributed by atoms with E-state index in [4.69, 9.17) is 9.47 Å². The predicted octanol–water partition coefficient (Wildman–Crippen LogP) is 9.39. The van der Waals surface area contributed by atoms with Crippen molar-refractivity contribution in [3.05, 3.63) is 72.9 Å². The normalized spacial score (nSPS) is 21.7. The van der Waals surface area contributed by atoms with Crippen molar-refractivity contribution in [2.45, 2.75) is 211 Å². The Bertz CT molecular complexity index is 1120. The number of allylic oxidation sites excluding steroid dienone is 11. The van der Waals surface area contributed by atoms with Gasteiger partial charge in [-0.25, -0.2) is 0 Å². The van der Waals surface area contributed by atoms with Crippen LogP contribution in [0, 0.1) is 0 Å². The first-order valence-corrected chi connectivity index (χ1v) is 22.7. The van der Waals surface area contributed by atoms with Gasteiger partial charge in [0.1, 0.15) is 24.4 Å². The molecule has 1 aliphatic heterocycles. The molecule has 1 amide bonds. The molecule has 1 saturated heterocycles. The molecule has 0 radical (unpaired) electrons. The zero-order valence-electron chi connectivity index (χ0n) is 35.8. The molecule has 6 N–H and O–H groups in total. The van der Waals surface area contributed by atoms with Crippen molar-refractivity contribution in [2.75, 3.05) is 13.2 Å². The number of hydrogen-bond acceptors (Lipinski definition) is 8. The molecular formula is C48H83NO8. The fraction of sp³-hybridized carbons (Fsp3) is 0.729. The molecule has 1 aliphatic rings. The summed E-state index contributed by atoms with van der Waals surface area (Å²) in [5.74, 6) is -0.196. The van der Waals surface area contributed by atoms with E-state index in [1.165, 1.54) is 77.0 Å². The largest absolute Gasteiger partial charge is 0.394 e. The number of amides is 1. The van der Waals surface area contributed by atoms with Crippen molar-refractivity contribution >= 4 is 5.91 Å². The monoisotopic (exact) mass is 802 g/mol.